The van der Waals surface area contributed by atoms with E-state index >= 15 is 0 Å². The van der Waals surface area contributed by atoms with Crippen LogP contribution in [-0.2, 0) is 32.1 Å². The number of urea groups is 1. The highest BCUT2D eigenvalue weighted by Crippen LogP contribution is 2.32. The molecule has 2 saturated heterocycles. The van der Waals surface area contributed by atoms with Crippen LogP contribution in [0.5, 0.6) is 5.75 Å². The second kappa shape index (κ2) is 10.7. The van der Waals surface area contributed by atoms with Gasteiger partial charge in [-0.3, -0.25) is 19.3 Å². The Labute approximate surface area is 213 Å². The van der Waals surface area contributed by atoms with Gasteiger partial charge in [-0.1, -0.05) is 17.3 Å². The van der Waals surface area contributed by atoms with Gasteiger partial charge in [0.15, 0.2) is 5.82 Å². The number of nitrogens with zero attached hydrogens (tertiary/aromatic N) is 5. The molecule has 2 aliphatic heterocycles. The number of aromatic nitrogens is 2. The van der Waals surface area contributed by atoms with Crippen molar-refractivity contribution in [2.45, 2.75) is 51.2 Å². The van der Waals surface area contributed by atoms with Crippen LogP contribution in [0.4, 0.5) is 10.5 Å². The maximum Gasteiger partial charge on any atom is 0.334 e. The first-order valence-corrected chi connectivity index (χ1v) is 12.5. The minimum absolute atomic E-state index is 0.0370. The van der Waals surface area contributed by atoms with Gasteiger partial charge in [0.2, 0.25) is 11.8 Å². The van der Waals surface area contributed by atoms with Gasteiger partial charge >= 0.3 is 17.8 Å². The normalized spacial score (nSPS) is 20.0. The molecule has 0 radical (unpaired) electrons. The van der Waals surface area contributed by atoms with E-state index in [1.165, 1.54) is 0 Å². The number of hydrogen-bond donors (Lipinski definition) is 0. The van der Waals surface area contributed by atoms with E-state index in [0.717, 1.165) is 41.9 Å². The van der Waals surface area contributed by atoms with Gasteiger partial charge in [0.05, 0.1) is 31.9 Å². The second-order valence-electron chi connectivity index (χ2n) is 9.48. The molecule has 5 amide bonds. The first-order valence-electron chi connectivity index (χ1n) is 12.5. The summed E-state index contributed by atoms with van der Waals surface area (Å²) in [6.45, 7) is 0.909. The highest BCUT2D eigenvalue weighted by Gasteiger charge is 2.46. The smallest absolute Gasteiger partial charge is 0.334 e. The molecule has 0 N–H and O–H groups in total. The summed E-state index contributed by atoms with van der Waals surface area (Å²) in [5, 5.41) is 3.87. The fraction of sp³-hybridized carbons (Fsp3) is 0.520. The third-order valence-electron chi connectivity index (χ3n) is 6.72. The van der Waals surface area contributed by atoms with Crippen molar-refractivity contribution in [1.29, 1.82) is 0 Å². The van der Waals surface area contributed by atoms with E-state index < -0.39 is 17.8 Å². The van der Waals surface area contributed by atoms with E-state index in [1.54, 1.807) is 24.1 Å². The van der Waals surface area contributed by atoms with Crippen molar-refractivity contribution in [3.05, 3.63) is 36.0 Å². The average Bonchev–Trinajstić information content (AvgIpc) is 3.60. The lowest BCUT2D eigenvalue weighted by atomic mass is 10.1. The molecule has 12 nitrogen and oxygen atoms in total. The summed E-state index contributed by atoms with van der Waals surface area (Å²) < 4.78 is 16.5. The number of benzene rings is 1. The molecule has 5 rings (SSSR count). The molecule has 3 heterocycles. The Bertz CT molecular complexity index is 1190. The summed E-state index contributed by atoms with van der Waals surface area (Å²) in [6.07, 6.45) is 4.46. The number of rotatable bonds is 10. The maximum absolute atomic E-state index is 13.4. The van der Waals surface area contributed by atoms with Crippen molar-refractivity contribution in [2.24, 2.45) is 5.92 Å². The molecule has 0 spiro atoms. The fourth-order valence-electron chi connectivity index (χ4n) is 4.54. The van der Waals surface area contributed by atoms with E-state index in [-0.39, 0.29) is 49.2 Å². The van der Waals surface area contributed by atoms with E-state index in [1.807, 2.05) is 12.1 Å². The summed E-state index contributed by atoms with van der Waals surface area (Å²) >= 11 is 0. The molecule has 196 valence electrons. The SMILES string of the molecule is COc1ccccc1N(C[C@H]1CCCCO1)C(=O)Cc1noc(CN2C(=O)C(=O)N(CC3CC3)C2=O)n1. The zero-order chi connectivity index (χ0) is 25.9. The van der Waals surface area contributed by atoms with Crippen molar-refractivity contribution >= 4 is 29.4 Å². The summed E-state index contributed by atoms with van der Waals surface area (Å²) in [7, 11) is 1.54. The first kappa shape index (κ1) is 24.9. The van der Waals surface area contributed by atoms with Crippen molar-refractivity contribution in [1.82, 2.24) is 19.9 Å². The number of hydrogen-bond acceptors (Lipinski definition) is 9. The quantitative estimate of drug-likeness (QED) is 0.346. The number of para-hydroxylation sites is 2. The predicted molar refractivity (Wildman–Crippen MR) is 127 cm³/mol. The Balaban J connectivity index is 1.28. The zero-order valence-corrected chi connectivity index (χ0v) is 20.6. The molecular weight excluding hydrogens is 482 g/mol. The van der Waals surface area contributed by atoms with E-state index in [9.17, 15) is 19.2 Å². The number of amides is 5. The summed E-state index contributed by atoms with van der Waals surface area (Å²) in [5.74, 6) is -1.18. The number of imide groups is 2. The molecule has 12 heteroatoms. The minimum Gasteiger partial charge on any atom is -0.495 e. The number of anilines is 1. The first-order chi connectivity index (χ1) is 17.9. The fourth-order valence-corrected chi connectivity index (χ4v) is 4.54. The van der Waals surface area contributed by atoms with E-state index in [2.05, 4.69) is 10.1 Å². The average molecular weight is 512 g/mol. The number of methoxy groups -OCH3 is 1. The molecule has 0 unspecified atom stereocenters. The van der Waals surface area contributed by atoms with Crippen LogP contribution in [0.3, 0.4) is 0 Å². The van der Waals surface area contributed by atoms with Crippen LogP contribution in [0.15, 0.2) is 28.8 Å². The topological polar surface area (TPSA) is 135 Å². The Morgan fingerprint density at radius 1 is 1.11 bits per heavy atom. The van der Waals surface area contributed by atoms with Gasteiger partial charge in [0.1, 0.15) is 12.3 Å². The molecule has 2 aromatic rings. The summed E-state index contributed by atoms with van der Waals surface area (Å²) in [4.78, 5) is 58.2. The van der Waals surface area contributed by atoms with Gasteiger partial charge in [-0.05, 0) is 50.2 Å². The molecule has 1 atom stereocenters. The molecule has 3 aliphatic rings. The molecular formula is C25H29N5O7. The Morgan fingerprint density at radius 2 is 1.89 bits per heavy atom. The number of ether oxygens (including phenoxy) is 2. The zero-order valence-electron chi connectivity index (χ0n) is 20.6. The molecule has 3 fully saturated rings. The van der Waals surface area contributed by atoms with Crippen molar-refractivity contribution in [2.75, 3.05) is 31.7 Å². The molecule has 1 aromatic heterocycles. The van der Waals surface area contributed by atoms with E-state index in [0.29, 0.717) is 24.6 Å². The van der Waals surface area contributed by atoms with Crippen molar-refractivity contribution in [3.8, 4) is 5.75 Å². The predicted octanol–water partition coefficient (Wildman–Crippen LogP) is 1.92. The van der Waals surface area contributed by atoms with Crippen LogP contribution in [0, 0.1) is 5.92 Å². The monoisotopic (exact) mass is 511 g/mol. The van der Waals surface area contributed by atoms with Crippen molar-refractivity contribution < 1.29 is 33.2 Å². The van der Waals surface area contributed by atoms with Gasteiger partial charge in [0, 0.05) is 13.2 Å². The Morgan fingerprint density at radius 3 is 2.62 bits per heavy atom. The molecule has 1 aliphatic carbocycles. The maximum atomic E-state index is 13.4. The molecule has 1 aromatic carbocycles. The lowest BCUT2D eigenvalue weighted by molar-refractivity contribution is -0.143. The summed E-state index contributed by atoms with van der Waals surface area (Å²) in [5.41, 5.74) is 0.607. The third-order valence-corrected chi connectivity index (χ3v) is 6.72. The molecule has 0 bridgehead atoms. The van der Waals surface area contributed by atoms with Crippen LogP contribution in [0.1, 0.15) is 43.8 Å². The van der Waals surface area contributed by atoms with Crippen LogP contribution in [-0.4, -0.2) is 76.6 Å². The van der Waals surface area contributed by atoms with Crippen LogP contribution >= 0.6 is 0 Å². The Kier molecular flexibility index (Phi) is 7.17. The number of carbonyl (C=O) groups is 4. The van der Waals surface area contributed by atoms with Gasteiger partial charge in [-0.2, -0.15) is 4.98 Å². The second-order valence-corrected chi connectivity index (χ2v) is 9.48. The van der Waals surface area contributed by atoms with E-state index in [4.69, 9.17) is 14.0 Å². The van der Waals surface area contributed by atoms with Gasteiger partial charge < -0.3 is 18.9 Å². The minimum atomic E-state index is -0.920. The lowest BCUT2D eigenvalue weighted by Gasteiger charge is -2.30. The molecule has 1 saturated carbocycles. The van der Waals surface area contributed by atoms with Gasteiger partial charge in [-0.15, -0.1) is 0 Å². The van der Waals surface area contributed by atoms with Crippen LogP contribution in [0.25, 0.3) is 0 Å². The standard InChI is InChI=1S/C25H29N5O7/c1-35-19-8-3-2-7-18(19)28(14-17-6-4-5-11-36-17)22(31)12-20-26-21(37-27-20)15-30-24(33)23(32)29(25(30)34)13-16-9-10-16/h2-3,7-8,16-17H,4-6,9-15H2,1H3/t17-/m1/s1. The molecule has 37 heavy (non-hydrogen) atoms. The highest BCUT2D eigenvalue weighted by molar-refractivity contribution is 6.44. The summed E-state index contributed by atoms with van der Waals surface area (Å²) in [6, 6.07) is 6.54. The Hall–Kier alpha value is -3.80. The van der Waals surface area contributed by atoms with Crippen molar-refractivity contribution in [3.63, 3.8) is 0 Å². The number of carbonyl (C=O) groups excluding carboxylic acids is 4. The van der Waals surface area contributed by atoms with Gasteiger partial charge in [-0.25, -0.2) is 9.69 Å². The van der Waals surface area contributed by atoms with Gasteiger partial charge in [0.25, 0.3) is 0 Å². The van der Waals surface area contributed by atoms with Crippen LogP contribution < -0.4 is 9.64 Å². The highest BCUT2D eigenvalue weighted by atomic mass is 16.5. The largest absolute Gasteiger partial charge is 0.495 e. The lowest BCUT2D eigenvalue weighted by Crippen LogP contribution is -2.41. The van der Waals surface area contributed by atoms with Crippen LogP contribution in [0.2, 0.25) is 0 Å². The third kappa shape index (κ3) is 5.48.